The predicted octanol–water partition coefficient (Wildman–Crippen LogP) is 3.41. The van der Waals surface area contributed by atoms with Gasteiger partial charge < -0.3 is 10.4 Å². The number of nitrogens with zero attached hydrogens (tertiary/aromatic N) is 1. The van der Waals surface area contributed by atoms with Gasteiger partial charge in [-0.15, -0.1) is 0 Å². The van der Waals surface area contributed by atoms with E-state index in [1.807, 2.05) is 6.92 Å². The number of aliphatic carboxylic acids is 1. The number of halogens is 1. The van der Waals surface area contributed by atoms with Crippen LogP contribution in [0, 0.1) is 10.1 Å². The first-order valence-electron chi connectivity index (χ1n) is 5.86. The molecule has 19 heavy (non-hydrogen) atoms. The van der Waals surface area contributed by atoms with E-state index in [1.165, 1.54) is 6.07 Å². The number of rotatable bonds is 7. The van der Waals surface area contributed by atoms with Crippen molar-refractivity contribution in [3.05, 3.63) is 32.8 Å². The number of hydrogen-bond acceptors (Lipinski definition) is 4. The van der Waals surface area contributed by atoms with Gasteiger partial charge in [-0.3, -0.25) is 14.9 Å². The van der Waals surface area contributed by atoms with Crippen molar-refractivity contribution in [3.63, 3.8) is 0 Å². The van der Waals surface area contributed by atoms with Gasteiger partial charge in [0.25, 0.3) is 5.69 Å². The van der Waals surface area contributed by atoms with Gasteiger partial charge in [0.1, 0.15) is 5.69 Å². The number of anilines is 1. The van der Waals surface area contributed by atoms with Crippen LogP contribution in [0.25, 0.3) is 0 Å². The van der Waals surface area contributed by atoms with E-state index in [0.717, 1.165) is 6.42 Å². The fourth-order valence-electron chi connectivity index (χ4n) is 1.78. The van der Waals surface area contributed by atoms with E-state index in [2.05, 4.69) is 21.2 Å². The van der Waals surface area contributed by atoms with Gasteiger partial charge >= 0.3 is 5.97 Å². The normalized spacial score (nSPS) is 11.9. The molecule has 0 aromatic heterocycles. The van der Waals surface area contributed by atoms with Crippen LogP contribution in [-0.4, -0.2) is 22.0 Å². The van der Waals surface area contributed by atoms with Crippen molar-refractivity contribution >= 4 is 33.3 Å². The van der Waals surface area contributed by atoms with Gasteiger partial charge in [0, 0.05) is 16.6 Å². The van der Waals surface area contributed by atoms with Gasteiger partial charge in [-0.25, -0.2) is 0 Å². The van der Waals surface area contributed by atoms with Gasteiger partial charge in [0.05, 0.1) is 11.3 Å². The Hall–Kier alpha value is -1.63. The summed E-state index contributed by atoms with van der Waals surface area (Å²) < 4.78 is 0.607. The van der Waals surface area contributed by atoms with Crippen molar-refractivity contribution in [2.24, 2.45) is 0 Å². The van der Waals surface area contributed by atoms with E-state index in [9.17, 15) is 14.9 Å². The second-order valence-electron chi connectivity index (χ2n) is 4.15. The van der Waals surface area contributed by atoms with Crippen molar-refractivity contribution in [3.8, 4) is 0 Å². The third-order valence-corrected chi connectivity index (χ3v) is 3.07. The van der Waals surface area contributed by atoms with Crippen LogP contribution in [0.5, 0.6) is 0 Å². The van der Waals surface area contributed by atoms with E-state index in [4.69, 9.17) is 5.11 Å². The fourth-order valence-corrected chi connectivity index (χ4v) is 2.13. The molecule has 0 amide bonds. The number of nitrogens with one attached hydrogen (secondary N) is 1. The Kier molecular flexibility index (Phi) is 5.75. The molecule has 0 aliphatic carbocycles. The molecule has 0 heterocycles. The van der Waals surface area contributed by atoms with Crippen molar-refractivity contribution in [2.75, 3.05) is 5.32 Å². The molecular weight excluding hydrogens is 316 g/mol. The molecule has 0 saturated carbocycles. The van der Waals surface area contributed by atoms with E-state index in [1.54, 1.807) is 12.1 Å². The molecule has 1 atom stereocenters. The highest BCUT2D eigenvalue weighted by Crippen LogP contribution is 2.29. The summed E-state index contributed by atoms with van der Waals surface area (Å²) in [7, 11) is 0. The summed E-state index contributed by atoms with van der Waals surface area (Å²) in [5, 5.41) is 22.7. The Morgan fingerprint density at radius 3 is 2.79 bits per heavy atom. The standard InChI is InChI=1S/C12H15BrN2O4/c1-2-3-9(7-12(16)17)14-10-5-4-8(13)6-11(10)15(18)19/h4-6,9,14H,2-3,7H2,1H3,(H,16,17). The number of carboxylic acids is 1. The maximum atomic E-state index is 11.0. The number of nitro benzene ring substituents is 1. The van der Waals surface area contributed by atoms with Crippen LogP contribution < -0.4 is 5.32 Å². The van der Waals surface area contributed by atoms with Crippen LogP contribution in [-0.2, 0) is 4.79 Å². The third-order valence-electron chi connectivity index (χ3n) is 2.57. The lowest BCUT2D eigenvalue weighted by atomic mass is 10.1. The Bertz CT molecular complexity index is 479. The SMILES string of the molecule is CCCC(CC(=O)O)Nc1ccc(Br)cc1[N+](=O)[O-]. The molecule has 1 aromatic carbocycles. The molecule has 7 heteroatoms. The van der Waals surface area contributed by atoms with Gasteiger partial charge in [-0.1, -0.05) is 29.3 Å². The molecule has 1 aromatic rings. The molecule has 0 radical (unpaired) electrons. The quantitative estimate of drug-likeness (QED) is 0.590. The first kappa shape index (κ1) is 15.4. The molecule has 0 fully saturated rings. The molecule has 1 unspecified atom stereocenters. The summed E-state index contributed by atoms with van der Waals surface area (Å²) in [6, 6.07) is 4.33. The lowest BCUT2D eigenvalue weighted by Crippen LogP contribution is -2.23. The van der Waals surface area contributed by atoms with E-state index in [0.29, 0.717) is 16.6 Å². The maximum Gasteiger partial charge on any atom is 0.305 e. The van der Waals surface area contributed by atoms with Crippen molar-refractivity contribution in [1.82, 2.24) is 0 Å². The number of nitro groups is 1. The minimum Gasteiger partial charge on any atom is -0.481 e. The molecule has 104 valence electrons. The zero-order chi connectivity index (χ0) is 14.4. The highest BCUT2D eigenvalue weighted by atomic mass is 79.9. The monoisotopic (exact) mass is 330 g/mol. The van der Waals surface area contributed by atoms with Crippen LogP contribution in [0.1, 0.15) is 26.2 Å². The van der Waals surface area contributed by atoms with Crippen LogP contribution >= 0.6 is 15.9 Å². The summed E-state index contributed by atoms with van der Waals surface area (Å²) in [6.45, 7) is 1.94. The summed E-state index contributed by atoms with van der Waals surface area (Å²) in [5.74, 6) is -0.925. The maximum absolute atomic E-state index is 11.0. The topological polar surface area (TPSA) is 92.5 Å². The Morgan fingerprint density at radius 2 is 2.26 bits per heavy atom. The van der Waals surface area contributed by atoms with E-state index >= 15 is 0 Å². The summed E-state index contributed by atoms with van der Waals surface area (Å²) in [5.41, 5.74) is 0.272. The third kappa shape index (κ3) is 4.86. The van der Waals surface area contributed by atoms with Crippen molar-refractivity contribution in [1.29, 1.82) is 0 Å². The Morgan fingerprint density at radius 1 is 1.58 bits per heavy atom. The van der Waals surface area contributed by atoms with Crippen LogP contribution in [0.3, 0.4) is 0 Å². The zero-order valence-electron chi connectivity index (χ0n) is 10.4. The Labute approximate surface area is 119 Å². The van der Waals surface area contributed by atoms with Crippen LogP contribution in [0.4, 0.5) is 11.4 Å². The highest BCUT2D eigenvalue weighted by Gasteiger charge is 2.19. The molecule has 0 saturated heterocycles. The molecule has 6 nitrogen and oxygen atoms in total. The lowest BCUT2D eigenvalue weighted by Gasteiger charge is -2.17. The predicted molar refractivity (Wildman–Crippen MR) is 75.4 cm³/mol. The number of carbonyl (C=O) groups is 1. The highest BCUT2D eigenvalue weighted by molar-refractivity contribution is 9.10. The first-order chi connectivity index (χ1) is 8.93. The molecule has 2 N–H and O–H groups in total. The molecular formula is C12H15BrN2O4. The smallest absolute Gasteiger partial charge is 0.305 e. The van der Waals surface area contributed by atoms with Crippen molar-refractivity contribution in [2.45, 2.75) is 32.2 Å². The lowest BCUT2D eigenvalue weighted by molar-refractivity contribution is -0.384. The average Bonchev–Trinajstić information content (AvgIpc) is 2.30. The largest absolute Gasteiger partial charge is 0.481 e. The summed E-state index contributed by atoms with van der Waals surface area (Å²) in [6.07, 6.45) is 1.37. The molecule has 0 aliphatic rings. The fraction of sp³-hybridized carbons (Fsp3) is 0.417. The minimum atomic E-state index is -0.925. The van der Waals surface area contributed by atoms with Gasteiger partial charge in [-0.05, 0) is 18.6 Å². The van der Waals surface area contributed by atoms with E-state index < -0.39 is 10.9 Å². The van der Waals surface area contributed by atoms with Crippen molar-refractivity contribution < 1.29 is 14.8 Å². The van der Waals surface area contributed by atoms with Gasteiger partial charge in [0.2, 0.25) is 0 Å². The number of benzene rings is 1. The second kappa shape index (κ2) is 7.08. The number of carboxylic acid groups (broad SMARTS) is 1. The molecule has 0 spiro atoms. The Balaban J connectivity index is 2.95. The summed E-state index contributed by atoms with van der Waals surface area (Å²) >= 11 is 3.18. The van der Waals surface area contributed by atoms with Crippen LogP contribution in [0.2, 0.25) is 0 Å². The second-order valence-corrected chi connectivity index (χ2v) is 5.06. The first-order valence-corrected chi connectivity index (χ1v) is 6.65. The van der Waals surface area contributed by atoms with Gasteiger partial charge in [0.15, 0.2) is 0 Å². The van der Waals surface area contributed by atoms with Crippen LogP contribution in [0.15, 0.2) is 22.7 Å². The molecule has 1 rings (SSSR count). The summed E-state index contributed by atoms with van der Waals surface area (Å²) in [4.78, 5) is 21.2. The zero-order valence-corrected chi connectivity index (χ0v) is 12.0. The molecule has 0 aliphatic heterocycles. The minimum absolute atomic E-state index is 0.0684. The van der Waals surface area contributed by atoms with E-state index in [-0.39, 0.29) is 18.2 Å². The average molecular weight is 331 g/mol. The number of hydrogen-bond donors (Lipinski definition) is 2. The molecule has 0 bridgehead atoms. The van der Waals surface area contributed by atoms with Gasteiger partial charge in [-0.2, -0.15) is 0 Å².